The summed E-state index contributed by atoms with van der Waals surface area (Å²) in [6, 6.07) is 4.35. The number of anilines is 2. The highest BCUT2D eigenvalue weighted by Gasteiger charge is 2.25. The van der Waals surface area contributed by atoms with Gasteiger partial charge in [0.1, 0.15) is 11.4 Å². The number of amides is 1. The molecule has 5 rings (SSSR count). The lowest BCUT2D eigenvalue weighted by Gasteiger charge is -2.30. The van der Waals surface area contributed by atoms with Crippen LogP contribution < -0.4 is 16.0 Å². The predicted octanol–water partition coefficient (Wildman–Crippen LogP) is 4.65. The number of ether oxygens (including phenoxy) is 1. The third-order valence-electron chi connectivity index (χ3n) is 6.64. The van der Waals surface area contributed by atoms with Crippen molar-refractivity contribution < 1.29 is 9.53 Å². The van der Waals surface area contributed by atoms with Crippen molar-refractivity contribution in [2.24, 2.45) is 5.92 Å². The molecule has 36 heavy (non-hydrogen) atoms. The number of hydrogen-bond donors (Lipinski definition) is 3. The number of nitrogens with zero attached hydrogens (tertiary/aromatic N) is 5. The number of alkyl carbamates (subject to hydrolysis) is 1. The van der Waals surface area contributed by atoms with Crippen molar-refractivity contribution in [2.75, 3.05) is 17.2 Å². The number of carbonyl (C=O) groups excluding carboxylic acids is 1. The van der Waals surface area contributed by atoms with Gasteiger partial charge in [-0.3, -0.25) is 0 Å². The van der Waals surface area contributed by atoms with E-state index in [1.807, 2.05) is 49.8 Å². The minimum atomic E-state index is -0.486. The van der Waals surface area contributed by atoms with E-state index in [2.05, 4.69) is 30.9 Å². The van der Waals surface area contributed by atoms with E-state index in [-0.39, 0.29) is 12.1 Å². The molecule has 0 saturated heterocycles. The average molecular weight is 493 g/mol. The highest BCUT2D eigenvalue weighted by atomic mass is 16.6. The largest absolute Gasteiger partial charge is 0.444 e. The fraction of sp³-hybridized carbons (Fsp3) is 0.577. The van der Waals surface area contributed by atoms with Gasteiger partial charge in [-0.15, -0.1) is 5.10 Å². The summed E-state index contributed by atoms with van der Waals surface area (Å²) in [6.45, 7) is 6.53. The van der Waals surface area contributed by atoms with Crippen LogP contribution in [0.1, 0.15) is 65.7 Å². The van der Waals surface area contributed by atoms with Crippen LogP contribution in [0.15, 0.2) is 30.7 Å². The van der Waals surface area contributed by atoms with Crippen molar-refractivity contribution >= 4 is 23.5 Å². The van der Waals surface area contributed by atoms with Crippen LogP contribution in [0.2, 0.25) is 0 Å². The Labute approximate surface area is 211 Å². The number of imidazole rings is 1. The summed E-state index contributed by atoms with van der Waals surface area (Å²) in [5.41, 5.74) is 2.00. The Hall–Kier alpha value is -3.43. The SMILES string of the molecule is CC(C)(C)OC(=O)NC1CCC(Nc2ccc3ncc(-c4cnc(NCCC5CC5)nc4)n3n2)CC1. The van der Waals surface area contributed by atoms with Crippen LogP contribution in [0, 0.1) is 5.92 Å². The first kappa shape index (κ1) is 24.3. The van der Waals surface area contributed by atoms with Gasteiger partial charge in [0.25, 0.3) is 0 Å². The molecule has 3 N–H and O–H groups in total. The smallest absolute Gasteiger partial charge is 0.407 e. The molecule has 3 heterocycles. The second kappa shape index (κ2) is 10.3. The highest BCUT2D eigenvalue weighted by Crippen LogP contribution is 2.32. The van der Waals surface area contributed by atoms with Gasteiger partial charge < -0.3 is 20.7 Å². The molecule has 10 nitrogen and oxygen atoms in total. The molecule has 10 heteroatoms. The molecule has 0 aromatic carbocycles. The normalized spacial score (nSPS) is 20.2. The minimum Gasteiger partial charge on any atom is -0.444 e. The second-order valence-electron chi connectivity index (χ2n) is 10.9. The summed E-state index contributed by atoms with van der Waals surface area (Å²) >= 11 is 0. The Bertz CT molecular complexity index is 1170. The lowest BCUT2D eigenvalue weighted by atomic mass is 9.91. The van der Waals surface area contributed by atoms with E-state index in [1.165, 1.54) is 19.3 Å². The molecule has 1 amide bonds. The van der Waals surface area contributed by atoms with Crippen molar-refractivity contribution in [2.45, 2.75) is 83.4 Å². The van der Waals surface area contributed by atoms with Crippen molar-refractivity contribution in [3.63, 3.8) is 0 Å². The van der Waals surface area contributed by atoms with Crippen LogP contribution >= 0.6 is 0 Å². The predicted molar refractivity (Wildman–Crippen MR) is 139 cm³/mol. The molecule has 2 fully saturated rings. The number of fused-ring (bicyclic) bond motifs is 1. The number of hydrogen-bond acceptors (Lipinski definition) is 8. The fourth-order valence-electron chi connectivity index (χ4n) is 4.56. The average Bonchev–Trinajstić information content (AvgIpc) is 3.56. The Morgan fingerprint density at radius 3 is 2.42 bits per heavy atom. The molecule has 192 valence electrons. The van der Waals surface area contributed by atoms with Gasteiger partial charge in [-0.1, -0.05) is 12.8 Å². The van der Waals surface area contributed by atoms with Gasteiger partial charge in [-0.25, -0.2) is 24.3 Å². The lowest BCUT2D eigenvalue weighted by molar-refractivity contribution is 0.0492. The molecule has 2 saturated carbocycles. The molecule has 0 spiro atoms. The zero-order valence-corrected chi connectivity index (χ0v) is 21.3. The first-order chi connectivity index (χ1) is 17.3. The molecule has 3 aromatic heterocycles. The van der Waals surface area contributed by atoms with E-state index in [4.69, 9.17) is 9.84 Å². The molecule has 2 aliphatic rings. The van der Waals surface area contributed by atoms with E-state index in [0.717, 1.165) is 60.9 Å². The van der Waals surface area contributed by atoms with E-state index in [1.54, 1.807) is 6.20 Å². The molecule has 0 radical (unpaired) electrons. The van der Waals surface area contributed by atoms with Gasteiger partial charge in [-0.2, -0.15) is 0 Å². The zero-order valence-electron chi connectivity index (χ0n) is 21.3. The monoisotopic (exact) mass is 492 g/mol. The molecule has 0 bridgehead atoms. The number of nitrogens with one attached hydrogen (secondary N) is 3. The molecular formula is C26H36N8O2. The molecule has 0 aliphatic heterocycles. The zero-order chi connectivity index (χ0) is 25.1. The quantitative estimate of drug-likeness (QED) is 0.416. The molecular weight excluding hydrogens is 456 g/mol. The van der Waals surface area contributed by atoms with Crippen LogP contribution in [0.3, 0.4) is 0 Å². The highest BCUT2D eigenvalue weighted by molar-refractivity contribution is 5.68. The standard InChI is InChI=1S/C26H36N8O2/c1-26(2,3)36-25(35)32-20-8-6-19(7-9-20)31-22-10-11-23-28-16-21(34(23)33-22)18-14-29-24(30-15-18)27-13-12-17-4-5-17/h10-11,14-17,19-20H,4-9,12-13H2,1-3H3,(H,31,33)(H,32,35)(H,27,29,30). The maximum absolute atomic E-state index is 12.1. The van der Waals surface area contributed by atoms with Gasteiger partial charge in [0, 0.05) is 36.6 Å². The van der Waals surface area contributed by atoms with Gasteiger partial charge in [-0.05, 0) is 70.9 Å². The van der Waals surface area contributed by atoms with Crippen molar-refractivity contribution in [1.29, 1.82) is 0 Å². The first-order valence-corrected chi connectivity index (χ1v) is 13.0. The summed E-state index contributed by atoms with van der Waals surface area (Å²) in [4.78, 5) is 25.5. The van der Waals surface area contributed by atoms with Gasteiger partial charge in [0.15, 0.2) is 5.65 Å². The fourth-order valence-corrected chi connectivity index (χ4v) is 4.56. The Morgan fingerprint density at radius 1 is 1.00 bits per heavy atom. The summed E-state index contributed by atoms with van der Waals surface area (Å²) in [7, 11) is 0. The Kier molecular flexibility index (Phi) is 6.93. The van der Waals surface area contributed by atoms with Crippen LogP contribution in [0.25, 0.3) is 16.9 Å². The molecule has 0 unspecified atom stereocenters. The number of carbonyl (C=O) groups is 1. The van der Waals surface area contributed by atoms with Crippen molar-refractivity contribution in [1.82, 2.24) is 29.9 Å². The molecule has 0 atom stereocenters. The van der Waals surface area contributed by atoms with Crippen molar-refractivity contribution in [3.05, 3.63) is 30.7 Å². The van der Waals surface area contributed by atoms with E-state index < -0.39 is 5.60 Å². The van der Waals surface area contributed by atoms with E-state index in [9.17, 15) is 4.79 Å². The maximum Gasteiger partial charge on any atom is 0.407 e. The van der Waals surface area contributed by atoms with Crippen LogP contribution in [-0.2, 0) is 4.74 Å². The van der Waals surface area contributed by atoms with Gasteiger partial charge in [0.2, 0.25) is 5.95 Å². The van der Waals surface area contributed by atoms with Gasteiger partial charge in [0.05, 0.1) is 11.9 Å². The minimum absolute atomic E-state index is 0.139. The van der Waals surface area contributed by atoms with Crippen molar-refractivity contribution in [3.8, 4) is 11.3 Å². The van der Waals surface area contributed by atoms with Crippen LogP contribution in [0.5, 0.6) is 0 Å². The van der Waals surface area contributed by atoms with Gasteiger partial charge >= 0.3 is 6.09 Å². The summed E-state index contributed by atoms with van der Waals surface area (Å²) < 4.78 is 7.21. The first-order valence-electron chi connectivity index (χ1n) is 13.0. The Morgan fingerprint density at radius 2 is 1.72 bits per heavy atom. The lowest BCUT2D eigenvalue weighted by Crippen LogP contribution is -2.42. The number of rotatable bonds is 8. The summed E-state index contributed by atoms with van der Waals surface area (Å²) in [5, 5.41) is 14.6. The number of aromatic nitrogens is 5. The van der Waals surface area contributed by atoms with Crippen LogP contribution in [-0.4, -0.2) is 54.9 Å². The summed E-state index contributed by atoms with van der Waals surface area (Å²) in [6.07, 6.45) is 12.7. The third kappa shape index (κ3) is 6.41. The maximum atomic E-state index is 12.1. The third-order valence-corrected chi connectivity index (χ3v) is 6.64. The summed E-state index contributed by atoms with van der Waals surface area (Å²) in [5.74, 6) is 2.33. The Balaban J connectivity index is 1.17. The van der Waals surface area contributed by atoms with E-state index >= 15 is 0 Å². The molecule has 2 aliphatic carbocycles. The van der Waals surface area contributed by atoms with Crippen LogP contribution in [0.4, 0.5) is 16.6 Å². The second-order valence-corrected chi connectivity index (χ2v) is 10.9. The molecule has 3 aromatic rings. The van der Waals surface area contributed by atoms with E-state index in [0.29, 0.717) is 12.0 Å². The topological polar surface area (TPSA) is 118 Å².